The third kappa shape index (κ3) is 2.05. The maximum Gasteiger partial charge on any atom is 0.0968 e. The lowest BCUT2D eigenvalue weighted by Gasteiger charge is -2.28. The van der Waals surface area contributed by atoms with Gasteiger partial charge < -0.3 is 10.1 Å². The van der Waals surface area contributed by atoms with E-state index in [1.165, 1.54) is 0 Å². The first-order chi connectivity index (χ1) is 6.36. The van der Waals surface area contributed by atoms with E-state index in [2.05, 4.69) is 23.3 Å². The molecule has 1 aliphatic heterocycles. The first-order valence-electron chi connectivity index (χ1n) is 4.62. The number of rotatable bonds is 1. The van der Waals surface area contributed by atoms with Crippen LogP contribution in [-0.2, 0) is 4.74 Å². The first kappa shape index (κ1) is 8.66. The van der Waals surface area contributed by atoms with E-state index in [0.29, 0.717) is 6.10 Å². The molecule has 1 saturated heterocycles. The number of hydrogen-bond donors (Lipinski definition) is 1. The third-order valence-electron chi connectivity index (χ3n) is 2.21. The molecule has 2 rings (SSSR count). The molecule has 0 bridgehead atoms. The van der Waals surface area contributed by atoms with Crippen molar-refractivity contribution in [3.8, 4) is 0 Å². The number of ether oxygens (including phenoxy) is 1. The highest BCUT2D eigenvalue weighted by molar-refractivity contribution is 5.13. The van der Waals surface area contributed by atoms with Crippen molar-refractivity contribution in [2.24, 2.45) is 0 Å². The fourth-order valence-corrected chi connectivity index (χ4v) is 1.56. The summed E-state index contributed by atoms with van der Waals surface area (Å²) in [5.41, 5.74) is 1.15. The lowest BCUT2D eigenvalue weighted by Crippen LogP contribution is -2.38. The van der Waals surface area contributed by atoms with Crippen LogP contribution in [-0.4, -0.2) is 24.2 Å². The van der Waals surface area contributed by atoms with Crippen LogP contribution in [0.3, 0.4) is 0 Å². The van der Waals surface area contributed by atoms with Crippen molar-refractivity contribution in [1.29, 1.82) is 0 Å². The molecule has 1 aromatic heterocycles. The van der Waals surface area contributed by atoms with E-state index in [4.69, 9.17) is 4.74 Å². The Morgan fingerprint density at radius 2 is 2.46 bits per heavy atom. The van der Waals surface area contributed by atoms with Gasteiger partial charge >= 0.3 is 0 Å². The quantitative estimate of drug-likeness (QED) is 0.700. The molecule has 0 spiro atoms. The second-order valence-electron chi connectivity index (χ2n) is 3.38. The Morgan fingerprint density at radius 1 is 1.54 bits per heavy atom. The molecule has 0 aromatic carbocycles. The van der Waals surface area contributed by atoms with Crippen LogP contribution in [0, 0.1) is 0 Å². The van der Waals surface area contributed by atoms with Gasteiger partial charge in [0.15, 0.2) is 0 Å². The summed E-state index contributed by atoms with van der Waals surface area (Å²) in [6.07, 6.45) is 4.10. The lowest BCUT2D eigenvalue weighted by molar-refractivity contribution is -0.0288. The molecule has 3 heteroatoms. The summed E-state index contributed by atoms with van der Waals surface area (Å²) in [5, 5.41) is 3.33. The zero-order valence-corrected chi connectivity index (χ0v) is 7.73. The highest BCUT2D eigenvalue weighted by Gasteiger charge is 2.19. The van der Waals surface area contributed by atoms with Crippen LogP contribution in [0.2, 0.25) is 0 Å². The fraction of sp³-hybridized carbons (Fsp3) is 0.500. The molecular formula is C10H14N2O. The fourth-order valence-electron chi connectivity index (χ4n) is 1.56. The van der Waals surface area contributed by atoms with E-state index < -0.39 is 0 Å². The number of aromatic nitrogens is 1. The summed E-state index contributed by atoms with van der Waals surface area (Å²) in [5.74, 6) is 0. The summed E-state index contributed by atoms with van der Waals surface area (Å²) in [6, 6.07) is 4.00. The standard InChI is InChI=1S/C10H14N2O/c1-8-5-12-7-10(13-8)9-3-2-4-11-6-9/h2-4,6,8,10,12H,5,7H2,1H3. The lowest BCUT2D eigenvalue weighted by atomic mass is 10.1. The third-order valence-corrected chi connectivity index (χ3v) is 2.21. The average Bonchev–Trinajstić information content (AvgIpc) is 2.19. The molecule has 1 aromatic rings. The van der Waals surface area contributed by atoms with Crippen LogP contribution in [0.5, 0.6) is 0 Å². The minimum absolute atomic E-state index is 0.164. The summed E-state index contributed by atoms with van der Waals surface area (Å²) in [7, 11) is 0. The van der Waals surface area contributed by atoms with Gasteiger partial charge in [0.1, 0.15) is 0 Å². The molecular weight excluding hydrogens is 164 g/mol. The van der Waals surface area contributed by atoms with Gasteiger partial charge in [-0.25, -0.2) is 0 Å². The first-order valence-corrected chi connectivity index (χ1v) is 4.62. The molecule has 3 nitrogen and oxygen atoms in total. The van der Waals surface area contributed by atoms with Crippen molar-refractivity contribution < 1.29 is 4.74 Å². The zero-order chi connectivity index (χ0) is 9.10. The molecule has 0 amide bonds. The molecule has 1 N–H and O–H groups in total. The predicted octanol–water partition coefficient (Wildman–Crippen LogP) is 1.13. The average molecular weight is 178 g/mol. The second-order valence-corrected chi connectivity index (χ2v) is 3.38. The topological polar surface area (TPSA) is 34.2 Å². The Kier molecular flexibility index (Phi) is 2.57. The van der Waals surface area contributed by atoms with Gasteiger partial charge in [-0.15, -0.1) is 0 Å². The molecule has 2 heterocycles. The number of pyridine rings is 1. The SMILES string of the molecule is CC1CNCC(c2cccnc2)O1. The summed E-state index contributed by atoms with van der Waals surface area (Å²) in [6.45, 7) is 3.91. The maximum atomic E-state index is 5.77. The predicted molar refractivity (Wildman–Crippen MR) is 50.4 cm³/mol. The minimum Gasteiger partial charge on any atom is -0.368 e. The van der Waals surface area contributed by atoms with Gasteiger partial charge in [0, 0.05) is 31.0 Å². The van der Waals surface area contributed by atoms with Crippen molar-refractivity contribution in [1.82, 2.24) is 10.3 Å². The number of nitrogens with one attached hydrogen (secondary N) is 1. The second kappa shape index (κ2) is 3.85. The number of hydrogen-bond acceptors (Lipinski definition) is 3. The normalized spacial score (nSPS) is 28.7. The zero-order valence-electron chi connectivity index (χ0n) is 7.73. The maximum absolute atomic E-state index is 5.77. The van der Waals surface area contributed by atoms with E-state index in [1.54, 1.807) is 6.20 Å². The molecule has 2 atom stereocenters. The molecule has 0 saturated carbocycles. The Labute approximate surface area is 78.1 Å². The Hall–Kier alpha value is -0.930. The van der Waals surface area contributed by atoms with Crippen LogP contribution in [0.1, 0.15) is 18.6 Å². The monoisotopic (exact) mass is 178 g/mol. The van der Waals surface area contributed by atoms with Crippen LogP contribution >= 0.6 is 0 Å². The van der Waals surface area contributed by atoms with Gasteiger partial charge in [-0.3, -0.25) is 4.98 Å². The molecule has 0 radical (unpaired) electrons. The van der Waals surface area contributed by atoms with Crippen molar-refractivity contribution >= 4 is 0 Å². The van der Waals surface area contributed by atoms with E-state index >= 15 is 0 Å². The van der Waals surface area contributed by atoms with Gasteiger partial charge in [-0.05, 0) is 13.0 Å². The van der Waals surface area contributed by atoms with Gasteiger partial charge in [0.25, 0.3) is 0 Å². The molecule has 13 heavy (non-hydrogen) atoms. The van der Waals surface area contributed by atoms with Crippen LogP contribution in [0.25, 0.3) is 0 Å². The molecule has 70 valence electrons. The Morgan fingerprint density at radius 3 is 3.15 bits per heavy atom. The largest absolute Gasteiger partial charge is 0.368 e. The summed E-state index contributed by atoms with van der Waals surface area (Å²) < 4.78 is 5.77. The number of nitrogens with zero attached hydrogens (tertiary/aromatic N) is 1. The van der Waals surface area contributed by atoms with E-state index in [-0.39, 0.29) is 6.10 Å². The van der Waals surface area contributed by atoms with E-state index in [9.17, 15) is 0 Å². The summed E-state index contributed by atoms with van der Waals surface area (Å²) in [4.78, 5) is 4.08. The van der Waals surface area contributed by atoms with Crippen molar-refractivity contribution in [3.63, 3.8) is 0 Å². The van der Waals surface area contributed by atoms with Gasteiger partial charge in [-0.1, -0.05) is 6.07 Å². The van der Waals surface area contributed by atoms with Crippen LogP contribution < -0.4 is 5.32 Å². The van der Waals surface area contributed by atoms with Crippen molar-refractivity contribution in [2.75, 3.05) is 13.1 Å². The highest BCUT2D eigenvalue weighted by atomic mass is 16.5. The van der Waals surface area contributed by atoms with Gasteiger partial charge in [0.2, 0.25) is 0 Å². The Bertz CT molecular complexity index is 263. The molecule has 1 fully saturated rings. The van der Waals surface area contributed by atoms with Crippen LogP contribution in [0.15, 0.2) is 24.5 Å². The molecule has 1 aliphatic rings. The van der Waals surface area contributed by atoms with E-state index in [0.717, 1.165) is 18.7 Å². The van der Waals surface area contributed by atoms with Crippen molar-refractivity contribution in [2.45, 2.75) is 19.1 Å². The number of morpholine rings is 1. The summed E-state index contributed by atoms with van der Waals surface area (Å²) >= 11 is 0. The van der Waals surface area contributed by atoms with E-state index in [1.807, 2.05) is 12.3 Å². The van der Waals surface area contributed by atoms with Crippen molar-refractivity contribution in [3.05, 3.63) is 30.1 Å². The molecule has 0 aliphatic carbocycles. The smallest absolute Gasteiger partial charge is 0.0968 e. The highest BCUT2D eigenvalue weighted by Crippen LogP contribution is 2.19. The van der Waals surface area contributed by atoms with Gasteiger partial charge in [-0.2, -0.15) is 0 Å². The van der Waals surface area contributed by atoms with Gasteiger partial charge in [0.05, 0.1) is 12.2 Å². The Balaban J connectivity index is 2.08. The van der Waals surface area contributed by atoms with Crippen LogP contribution in [0.4, 0.5) is 0 Å². The molecule has 2 unspecified atom stereocenters. The minimum atomic E-state index is 0.164.